The first-order chi connectivity index (χ1) is 7.00. The van der Waals surface area contributed by atoms with Crippen LogP contribution in [0.3, 0.4) is 0 Å². The number of carboxylic acid groups (broad SMARTS) is 1. The third-order valence-corrected chi connectivity index (χ3v) is 4.48. The second kappa shape index (κ2) is 5.59. The topological polar surface area (TPSA) is 75.6 Å². The Morgan fingerprint density at radius 2 is 2.20 bits per heavy atom. The van der Waals surface area contributed by atoms with E-state index in [0.29, 0.717) is 4.88 Å². The summed E-state index contributed by atoms with van der Waals surface area (Å²) in [5.41, 5.74) is 2.02. The number of hydrogen-bond acceptors (Lipinski definition) is 4. The Labute approximate surface area is 106 Å². The lowest BCUT2D eigenvalue weighted by Crippen LogP contribution is -2.25. The molecule has 0 aromatic carbocycles. The zero-order valence-electron chi connectivity index (χ0n) is 7.12. The first-order valence-corrected chi connectivity index (χ1v) is 5.99. The first-order valence-electron chi connectivity index (χ1n) is 3.59. The minimum Gasteiger partial charge on any atom is -0.479 e. The van der Waals surface area contributed by atoms with Crippen LogP contribution in [0.25, 0.3) is 0 Å². The van der Waals surface area contributed by atoms with Gasteiger partial charge in [0.15, 0.2) is 6.61 Å². The highest BCUT2D eigenvalue weighted by atomic mass is 79.9. The number of thiophene rings is 1. The highest BCUT2D eigenvalue weighted by Crippen LogP contribution is 2.32. The van der Waals surface area contributed by atoms with Gasteiger partial charge in [-0.1, -0.05) is 0 Å². The van der Waals surface area contributed by atoms with Crippen molar-refractivity contribution in [3.63, 3.8) is 0 Å². The van der Waals surface area contributed by atoms with Crippen LogP contribution >= 0.6 is 43.2 Å². The fourth-order valence-electron chi connectivity index (χ4n) is 0.672. The molecule has 0 atom stereocenters. The van der Waals surface area contributed by atoms with Crippen LogP contribution in [-0.4, -0.2) is 23.6 Å². The molecule has 0 bridgehead atoms. The Balaban J connectivity index is 2.50. The summed E-state index contributed by atoms with van der Waals surface area (Å²) in [6.07, 6.45) is 0. The van der Waals surface area contributed by atoms with E-state index < -0.39 is 18.5 Å². The molecule has 0 saturated carbocycles. The third kappa shape index (κ3) is 3.90. The van der Waals surface area contributed by atoms with Gasteiger partial charge in [-0.2, -0.15) is 0 Å². The number of hydroxylamine groups is 1. The molecule has 8 heteroatoms. The number of carbonyl (C=O) groups excluding carboxylic acids is 1. The van der Waals surface area contributed by atoms with E-state index in [9.17, 15) is 9.59 Å². The zero-order valence-corrected chi connectivity index (χ0v) is 11.1. The molecule has 5 nitrogen and oxygen atoms in total. The molecule has 15 heavy (non-hydrogen) atoms. The van der Waals surface area contributed by atoms with Gasteiger partial charge in [0.05, 0.1) is 8.66 Å². The molecule has 1 aromatic rings. The van der Waals surface area contributed by atoms with Crippen molar-refractivity contribution in [3.8, 4) is 0 Å². The van der Waals surface area contributed by atoms with E-state index >= 15 is 0 Å². The summed E-state index contributed by atoms with van der Waals surface area (Å²) in [6, 6.07) is 1.61. The van der Waals surface area contributed by atoms with Crippen LogP contribution in [0.2, 0.25) is 0 Å². The smallest absolute Gasteiger partial charge is 0.332 e. The van der Waals surface area contributed by atoms with Crippen LogP contribution in [0, 0.1) is 0 Å². The Bertz CT molecular complexity index is 373. The molecular weight excluding hydrogens is 354 g/mol. The molecule has 0 radical (unpaired) electrons. The number of halogens is 2. The van der Waals surface area contributed by atoms with Gasteiger partial charge in [-0.15, -0.1) is 11.3 Å². The summed E-state index contributed by atoms with van der Waals surface area (Å²) >= 11 is 7.67. The average molecular weight is 359 g/mol. The van der Waals surface area contributed by atoms with Crippen molar-refractivity contribution in [2.45, 2.75) is 0 Å². The Morgan fingerprint density at radius 1 is 1.53 bits per heavy atom. The number of hydrogen-bond donors (Lipinski definition) is 2. The van der Waals surface area contributed by atoms with E-state index in [2.05, 4.69) is 36.7 Å². The van der Waals surface area contributed by atoms with Gasteiger partial charge >= 0.3 is 5.97 Å². The van der Waals surface area contributed by atoms with Crippen molar-refractivity contribution in [2.24, 2.45) is 0 Å². The van der Waals surface area contributed by atoms with E-state index in [4.69, 9.17) is 5.11 Å². The van der Waals surface area contributed by atoms with E-state index in [1.807, 2.05) is 5.48 Å². The normalized spacial score (nSPS) is 10.0. The van der Waals surface area contributed by atoms with Gasteiger partial charge in [0, 0.05) is 4.47 Å². The van der Waals surface area contributed by atoms with Crippen molar-refractivity contribution < 1.29 is 19.5 Å². The summed E-state index contributed by atoms with van der Waals surface area (Å²) in [5.74, 6) is -1.63. The van der Waals surface area contributed by atoms with Crippen LogP contribution in [-0.2, 0) is 9.63 Å². The summed E-state index contributed by atoms with van der Waals surface area (Å²) < 4.78 is 1.54. The third-order valence-electron chi connectivity index (χ3n) is 1.23. The molecule has 82 valence electrons. The highest BCUT2D eigenvalue weighted by Gasteiger charge is 2.12. The molecule has 1 rings (SSSR count). The predicted octanol–water partition coefficient (Wildman–Crippen LogP) is 2.02. The lowest BCUT2D eigenvalue weighted by molar-refractivity contribution is -0.144. The molecule has 2 N–H and O–H groups in total. The van der Waals surface area contributed by atoms with Gasteiger partial charge in [0.2, 0.25) is 0 Å². The van der Waals surface area contributed by atoms with E-state index in [0.717, 1.165) is 8.26 Å². The largest absolute Gasteiger partial charge is 0.479 e. The summed E-state index contributed by atoms with van der Waals surface area (Å²) in [6.45, 7) is -0.570. The monoisotopic (exact) mass is 357 g/mol. The Kier molecular flexibility index (Phi) is 4.71. The van der Waals surface area contributed by atoms with Crippen molar-refractivity contribution in [1.82, 2.24) is 5.48 Å². The number of carboxylic acids is 1. The first kappa shape index (κ1) is 12.6. The molecule has 0 spiro atoms. The molecule has 0 aliphatic carbocycles. The molecule has 0 aliphatic heterocycles. The van der Waals surface area contributed by atoms with E-state index in [1.165, 1.54) is 11.3 Å². The quantitative estimate of drug-likeness (QED) is 0.807. The van der Waals surface area contributed by atoms with Crippen molar-refractivity contribution in [1.29, 1.82) is 0 Å². The van der Waals surface area contributed by atoms with Crippen LogP contribution in [0.5, 0.6) is 0 Å². The molecule has 1 heterocycles. The number of aliphatic carboxylic acids is 1. The fourth-order valence-corrected chi connectivity index (χ4v) is 2.59. The van der Waals surface area contributed by atoms with Gasteiger partial charge in [-0.25, -0.2) is 10.3 Å². The lowest BCUT2D eigenvalue weighted by atomic mass is 10.5. The molecule has 0 aliphatic rings. The van der Waals surface area contributed by atoms with E-state index in [1.54, 1.807) is 6.07 Å². The van der Waals surface area contributed by atoms with Gasteiger partial charge in [-0.05, 0) is 37.9 Å². The Hall–Kier alpha value is -0.440. The summed E-state index contributed by atoms with van der Waals surface area (Å²) in [7, 11) is 0. The van der Waals surface area contributed by atoms with Gasteiger partial charge < -0.3 is 5.11 Å². The summed E-state index contributed by atoms with van der Waals surface area (Å²) in [5, 5.41) is 8.26. The standard InChI is InChI=1S/C7H5Br2NO4S/c8-3-1-4(15-6(3)9)7(13)10-14-2-5(11)12/h1H,2H2,(H,10,13)(H,11,12). The van der Waals surface area contributed by atoms with Crippen molar-refractivity contribution >= 4 is 55.1 Å². The molecule has 1 aromatic heterocycles. The second-order valence-corrected chi connectivity index (χ2v) is 5.57. The maximum absolute atomic E-state index is 11.3. The molecule has 0 unspecified atom stereocenters. The molecular formula is C7H5Br2NO4S. The van der Waals surface area contributed by atoms with Gasteiger partial charge in [-0.3, -0.25) is 9.63 Å². The maximum Gasteiger partial charge on any atom is 0.332 e. The number of rotatable bonds is 4. The molecule has 0 saturated heterocycles. The maximum atomic E-state index is 11.3. The zero-order chi connectivity index (χ0) is 11.4. The van der Waals surface area contributed by atoms with Crippen LogP contribution in [0.4, 0.5) is 0 Å². The molecule has 0 fully saturated rings. The second-order valence-electron chi connectivity index (χ2n) is 2.35. The van der Waals surface area contributed by atoms with Crippen molar-refractivity contribution in [3.05, 3.63) is 19.2 Å². The minimum atomic E-state index is -1.15. The molecule has 1 amide bonds. The van der Waals surface area contributed by atoms with Crippen LogP contribution in [0.1, 0.15) is 9.67 Å². The van der Waals surface area contributed by atoms with Crippen LogP contribution in [0.15, 0.2) is 14.3 Å². The predicted molar refractivity (Wildman–Crippen MR) is 60.8 cm³/mol. The van der Waals surface area contributed by atoms with E-state index in [-0.39, 0.29) is 0 Å². The number of amides is 1. The SMILES string of the molecule is O=C(O)CONC(=O)c1cc(Br)c(Br)s1. The Morgan fingerprint density at radius 3 is 2.67 bits per heavy atom. The minimum absolute atomic E-state index is 0.416. The number of nitrogens with one attached hydrogen (secondary N) is 1. The summed E-state index contributed by atoms with van der Waals surface area (Å²) in [4.78, 5) is 26.3. The van der Waals surface area contributed by atoms with Crippen LogP contribution < -0.4 is 5.48 Å². The highest BCUT2D eigenvalue weighted by molar-refractivity contribution is 9.13. The average Bonchev–Trinajstić information content (AvgIpc) is 2.46. The van der Waals surface area contributed by atoms with Gasteiger partial charge in [0.1, 0.15) is 0 Å². The van der Waals surface area contributed by atoms with Crippen molar-refractivity contribution in [2.75, 3.05) is 6.61 Å². The number of carbonyl (C=O) groups is 2. The lowest BCUT2D eigenvalue weighted by Gasteiger charge is -2.00. The van der Waals surface area contributed by atoms with Gasteiger partial charge in [0.25, 0.3) is 5.91 Å². The fraction of sp³-hybridized carbons (Fsp3) is 0.143.